The first-order chi connectivity index (χ1) is 12.3. The van der Waals surface area contributed by atoms with Crippen molar-refractivity contribution in [1.82, 2.24) is 10.2 Å². The third kappa shape index (κ3) is 4.28. The number of fused-ring (bicyclic) bond motifs is 1. The summed E-state index contributed by atoms with van der Waals surface area (Å²) in [7, 11) is 0. The van der Waals surface area contributed by atoms with Gasteiger partial charge >= 0.3 is 0 Å². The summed E-state index contributed by atoms with van der Waals surface area (Å²) in [5.74, 6) is 0.898. The Labute approximate surface area is 162 Å². The third-order valence-corrected chi connectivity index (χ3v) is 5.53. The molecule has 2 aliphatic rings. The Balaban J connectivity index is 0.00000196. The number of amides is 1. The van der Waals surface area contributed by atoms with Crippen molar-refractivity contribution in [2.24, 2.45) is 5.92 Å². The maximum Gasteiger partial charge on any atom is 0.254 e. The molecule has 1 atom stereocenters. The molecule has 1 fully saturated rings. The van der Waals surface area contributed by atoms with E-state index in [4.69, 9.17) is 0 Å². The number of hydrogen-bond acceptors (Lipinski definition) is 2. The topological polar surface area (TPSA) is 32.3 Å². The molecule has 0 spiro atoms. The zero-order valence-corrected chi connectivity index (χ0v) is 15.9. The van der Waals surface area contributed by atoms with Crippen LogP contribution in [0.4, 0.5) is 0 Å². The first-order valence-electron chi connectivity index (χ1n) is 9.45. The zero-order chi connectivity index (χ0) is 17.1. The van der Waals surface area contributed by atoms with Gasteiger partial charge in [-0.2, -0.15) is 0 Å². The lowest BCUT2D eigenvalue weighted by Crippen LogP contribution is -2.30. The van der Waals surface area contributed by atoms with Crippen molar-refractivity contribution >= 4 is 18.3 Å². The Bertz CT molecular complexity index is 738. The van der Waals surface area contributed by atoms with Crippen molar-refractivity contribution in [3.63, 3.8) is 0 Å². The zero-order valence-electron chi connectivity index (χ0n) is 15.1. The second-order valence-corrected chi connectivity index (χ2v) is 7.36. The Morgan fingerprint density at radius 1 is 1.08 bits per heavy atom. The molecule has 0 saturated carbocycles. The summed E-state index contributed by atoms with van der Waals surface area (Å²) in [6.07, 6.45) is 4.47. The molecule has 26 heavy (non-hydrogen) atoms. The molecule has 0 aliphatic carbocycles. The van der Waals surface area contributed by atoms with E-state index in [0.717, 1.165) is 56.9 Å². The van der Waals surface area contributed by atoms with Gasteiger partial charge in [0.2, 0.25) is 0 Å². The van der Waals surface area contributed by atoms with Crippen LogP contribution in [-0.2, 0) is 19.4 Å². The fourth-order valence-corrected chi connectivity index (χ4v) is 4.06. The molecule has 1 amide bonds. The predicted octanol–water partition coefficient (Wildman–Crippen LogP) is 3.85. The number of benzene rings is 2. The van der Waals surface area contributed by atoms with Crippen molar-refractivity contribution in [2.45, 2.75) is 32.2 Å². The number of aryl methyl sites for hydroxylation is 1. The van der Waals surface area contributed by atoms with Crippen LogP contribution < -0.4 is 5.32 Å². The summed E-state index contributed by atoms with van der Waals surface area (Å²) in [6, 6.07) is 16.8. The van der Waals surface area contributed by atoms with Crippen LogP contribution in [-0.4, -0.2) is 30.4 Å². The number of nitrogens with zero attached hydrogens (tertiary/aromatic N) is 1. The van der Waals surface area contributed by atoms with Gasteiger partial charge in [0.15, 0.2) is 0 Å². The highest BCUT2D eigenvalue weighted by Gasteiger charge is 2.20. The summed E-state index contributed by atoms with van der Waals surface area (Å²) < 4.78 is 0. The molecule has 2 aromatic rings. The Morgan fingerprint density at radius 3 is 2.58 bits per heavy atom. The van der Waals surface area contributed by atoms with Gasteiger partial charge < -0.3 is 10.2 Å². The van der Waals surface area contributed by atoms with E-state index < -0.39 is 0 Å². The number of carbonyl (C=O) groups is 1. The largest absolute Gasteiger partial charge is 0.334 e. The van der Waals surface area contributed by atoms with Crippen LogP contribution in [0.1, 0.15) is 39.9 Å². The average molecular weight is 371 g/mol. The number of carbonyl (C=O) groups excluding carboxylic acids is 1. The van der Waals surface area contributed by atoms with Gasteiger partial charge in [-0.25, -0.2) is 0 Å². The summed E-state index contributed by atoms with van der Waals surface area (Å²) in [5, 5.41) is 3.42. The van der Waals surface area contributed by atoms with E-state index in [1.54, 1.807) is 0 Å². The van der Waals surface area contributed by atoms with Crippen molar-refractivity contribution in [2.75, 3.05) is 19.6 Å². The SMILES string of the molecule is Cl.O=C(c1ccc(CC2CCNC2)cc1)N1CCCc2ccccc2C1. The first-order valence-corrected chi connectivity index (χ1v) is 9.45. The van der Waals surface area contributed by atoms with E-state index in [9.17, 15) is 4.79 Å². The molecule has 4 rings (SSSR count). The van der Waals surface area contributed by atoms with Crippen LogP contribution >= 0.6 is 12.4 Å². The molecule has 2 heterocycles. The molecule has 1 unspecified atom stereocenters. The molecule has 3 nitrogen and oxygen atoms in total. The normalized spacial score (nSPS) is 19.4. The van der Waals surface area contributed by atoms with Gasteiger partial charge in [-0.05, 0) is 73.5 Å². The average Bonchev–Trinajstić information content (AvgIpc) is 3.05. The standard InChI is InChI=1S/C22H26N2O.ClH/c25-22(24-13-3-6-19-4-1-2-5-21(19)16-24)20-9-7-17(8-10-20)14-18-11-12-23-15-18;/h1-2,4-5,7-10,18,23H,3,6,11-16H2;1H. The fourth-order valence-electron chi connectivity index (χ4n) is 4.06. The maximum absolute atomic E-state index is 12.9. The highest BCUT2D eigenvalue weighted by molar-refractivity contribution is 5.94. The van der Waals surface area contributed by atoms with Crippen LogP contribution in [0.3, 0.4) is 0 Å². The molecule has 4 heteroatoms. The van der Waals surface area contributed by atoms with E-state index in [-0.39, 0.29) is 18.3 Å². The Kier molecular flexibility index (Phi) is 6.33. The second-order valence-electron chi connectivity index (χ2n) is 7.36. The highest BCUT2D eigenvalue weighted by atomic mass is 35.5. The number of rotatable bonds is 3. The first kappa shape index (κ1) is 18.9. The number of halogens is 1. The predicted molar refractivity (Wildman–Crippen MR) is 108 cm³/mol. The summed E-state index contributed by atoms with van der Waals surface area (Å²) in [6.45, 7) is 3.82. The van der Waals surface area contributed by atoms with E-state index in [0.29, 0.717) is 0 Å². The summed E-state index contributed by atoms with van der Waals surface area (Å²) in [5.41, 5.74) is 4.83. The van der Waals surface area contributed by atoms with Crippen LogP contribution in [0.25, 0.3) is 0 Å². The summed E-state index contributed by atoms with van der Waals surface area (Å²) >= 11 is 0. The highest BCUT2D eigenvalue weighted by Crippen LogP contribution is 2.21. The van der Waals surface area contributed by atoms with E-state index in [2.05, 4.69) is 41.7 Å². The fraction of sp³-hybridized carbons (Fsp3) is 0.409. The van der Waals surface area contributed by atoms with Gasteiger partial charge in [-0.15, -0.1) is 12.4 Å². The van der Waals surface area contributed by atoms with Crippen molar-refractivity contribution < 1.29 is 4.79 Å². The van der Waals surface area contributed by atoms with E-state index in [1.807, 2.05) is 17.0 Å². The van der Waals surface area contributed by atoms with Gasteiger partial charge in [0, 0.05) is 18.7 Å². The quantitative estimate of drug-likeness (QED) is 0.890. The number of nitrogens with one attached hydrogen (secondary N) is 1. The van der Waals surface area contributed by atoms with Gasteiger partial charge in [-0.3, -0.25) is 4.79 Å². The maximum atomic E-state index is 12.9. The molecule has 2 aromatic carbocycles. The monoisotopic (exact) mass is 370 g/mol. The lowest BCUT2D eigenvalue weighted by atomic mass is 9.98. The van der Waals surface area contributed by atoms with Crippen molar-refractivity contribution in [3.05, 3.63) is 70.8 Å². The lowest BCUT2D eigenvalue weighted by Gasteiger charge is -2.21. The summed E-state index contributed by atoms with van der Waals surface area (Å²) in [4.78, 5) is 14.9. The van der Waals surface area contributed by atoms with E-state index >= 15 is 0 Å². The van der Waals surface area contributed by atoms with Crippen LogP contribution in [0.2, 0.25) is 0 Å². The molecule has 0 aromatic heterocycles. The molecule has 0 bridgehead atoms. The van der Waals surface area contributed by atoms with Gasteiger partial charge in [-0.1, -0.05) is 36.4 Å². The minimum Gasteiger partial charge on any atom is -0.334 e. The molecule has 1 saturated heterocycles. The van der Waals surface area contributed by atoms with Crippen LogP contribution in [0, 0.1) is 5.92 Å². The van der Waals surface area contributed by atoms with Gasteiger partial charge in [0.1, 0.15) is 0 Å². The van der Waals surface area contributed by atoms with Gasteiger partial charge in [0.05, 0.1) is 0 Å². The number of hydrogen-bond donors (Lipinski definition) is 1. The smallest absolute Gasteiger partial charge is 0.254 e. The molecule has 1 N–H and O–H groups in total. The second kappa shape index (κ2) is 8.70. The van der Waals surface area contributed by atoms with E-state index in [1.165, 1.54) is 23.1 Å². The van der Waals surface area contributed by atoms with Crippen molar-refractivity contribution in [1.29, 1.82) is 0 Å². The Morgan fingerprint density at radius 2 is 1.85 bits per heavy atom. The minimum absolute atomic E-state index is 0. The lowest BCUT2D eigenvalue weighted by molar-refractivity contribution is 0.0746. The van der Waals surface area contributed by atoms with Crippen LogP contribution in [0.5, 0.6) is 0 Å². The Hall–Kier alpha value is -1.84. The minimum atomic E-state index is 0. The van der Waals surface area contributed by atoms with Crippen LogP contribution in [0.15, 0.2) is 48.5 Å². The van der Waals surface area contributed by atoms with Gasteiger partial charge in [0.25, 0.3) is 5.91 Å². The molecule has 0 radical (unpaired) electrons. The molecular formula is C22H27ClN2O. The molecular weight excluding hydrogens is 344 g/mol. The molecule has 138 valence electrons. The molecule has 2 aliphatic heterocycles. The third-order valence-electron chi connectivity index (χ3n) is 5.53. The van der Waals surface area contributed by atoms with Crippen molar-refractivity contribution in [3.8, 4) is 0 Å².